The van der Waals surface area contributed by atoms with Crippen LogP contribution in [0.4, 0.5) is 8.78 Å². The molecule has 4 N–H and O–H groups in total. The Kier molecular flexibility index (Phi) is 10.1. The Morgan fingerprint density at radius 1 is 0.971 bits per heavy atom. The van der Waals surface area contributed by atoms with E-state index >= 15 is 0 Å². The molecular formula is C21H20BrF2NNaO5PS2. The van der Waals surface area contributed by atoms with Gasteiger partial charge in [-0.2, -0.15) is 20.5 Å². The minimum atomic E-state index is -5.64. The zero-order valence-electron chi connectivity index (χ0n) is 18.9. The van der Waals surface area contributed by atoms with Crippen molar-refractivity contribution in [2.24, 2.45) is 5.14 Å². The number of benzene rings is 3. The van der Waals surface area contributed by atoms with Crippen LogP contribution in [0.2, 0.25) is 0 Å². The fourth-order valence-corrected chi connectivity index (χ4v) is 5.82. The van der Waals surface area contributed by atoms with Gasteiger partial charge in [0, 0.05) is 21.5 Å². The summed E-state index contributed by atoms with van der Waals surface area (Å²) in [5, 5.41) is 5.18. The van der Waals surface area contributed by atoms with Crippen LogP contribution in [0, 0.1) is 0 Å². The maximum Gasteiger partial charge on any atom is 1.00 e. The van der Waals surface area contributed by atoms with Crippen molar-refractivity contribution in [3.63, 3.8) is 0 Å². The van der Waals surface area contributed by atoms with E-state index in [4.69, 9.17) is 14.9 Å². The third kappa shape index (κ3) is 7.22. The van der Waals surface area contributed by atoms with Gasteiger partial charge in [-0.05, 0) is 40.5 Å². The number of hydrogen-bond donors (Lipinski definition) is 3. The van der Waals surface area contributed by atoms with Crippen LogP contribution in [0.5, 0.6) is 0 Å². The quantitative estimate of drug-likeness (QED) is 0.270. The molecule has 3 aromatic rings. The second-order valence-electron chi connectivity index (χ2n) is 7.16. The standard InChI is InChI=1S/C21H19BrF2NO5PS2.Na.H/c22-20-10-15(6-9-19(20)21(23,24)31(26,27)28)13-32-12-14-4-7-16(8-5-14)17-2-1-3-18(11-17)33(25,29)30;;/h1-11H,12-13H2,(H2,25,29,30)(H2,26,27,28);;/q;+1;-1. The van der Waals surface area contributed by atoms with Crippen molar-refractivity contribution < 1.29 is 62.5 Å². The van der Waals surface area contributed by atoms with Gasteiger partial charge >= 0.3 is 42.8 Å². The van der Waals surface area contributed by atoms with E-state index in [9.17, 15) is 21.8 Å². The molecule has 0 fully saturated rings. The van der Waals surface area contributed by atoms with Gasteiger partial charge in [0.25, 0.3) is 0 Å². The third-order valence-electron chi connectivity index (χ3n) is 4.71. The van der Waals surface area contributed by atoms with Crippen molar-refractivity contribution in [3.8, 4) is 11.1 Å². The van der Waals surface area contributed by atoms with Crippen LogP contribution in [0.3, 0.4) is 0 Å². The Bertz CT molecular complexity index is 1330. The Morgan fingerprint density at radius 2 is 1.56 bits per heavy atom. The van der Waals surface area contributed by atoms with E-state index in [2.05, 4.69) is 15.9 Å². The summed E-state index contributed by atoms with van der Waals surface area (Å²) in [6, 6.07) is 17.8. The number of primary sulfonamides is 1. The molecule has 0 heterocycles. The molecular weight excluding hydrogens is 582 g/mol. The summed E-state index contributed by atoms with van der Waals surface area (Å²) in [6.07, 6.45) is 0. The van der Waals surface area contributed by atoms with Crippen molar-refractivity contribution in [1.29, 1.82) is 0 Å². The molecule has 0 atom stereocenters. The molecule has 0 aromatic heterocycles. The average Bonchev–Trinajstić information content (AvgIpc) is 2.73. The molecule has 6 nitrogen and oxygen atoms in total. The van der Waals surface area contributed by atoms with Crippen LogP contribution in [0.25, 0.3) is 11.1 Å². The van der Waals surface area contributed by atoms with E-state index in [0.29, 0.717) is 17.1 Å². The Labute approximate surface area is 232 Å². The molecule has 0 aliphatic carbocycles. The molecule has 0 saturated heterocycles. The molecule has 0 aliphatic rings. The van der Waals surface area contributed by atoms with Gasteiger partial charge in [0.15, 0.2) is 0 Å². The van der Waals surface area contributed by atoms with Crippen molar-refractivity contribution >= 4 is 45.3 Å². The number of hydrogen-bond acceptors (Lipinski definition) is 4. The van der Waals surface area contributed by atoms with Crippen molar-refractivity contribution in [2.75, 3.05) is 0 Å². The fourth-order valence-electron chi connectivity index (χ4n) is 2.98. The monoisotopic (exact) mass is 601 g/mol. The largest absolute Gasteiger partial charge is 1.00 e. The van der Waals surface area contributed by atoms with E-state index in [1.807, 2.05) is 24.3 Å². The molecule has 34 heavy (non-hydrogen) atoms. The summed E-state index contributed by atoms with van der Waals surface area (Å²) in [7, 11) is -9.42. The van der Waals surface area contributed by atoms with Crippen LogP contribution in [0.15, 0.2) is 76.1 Å². The van der Waals surface area contributed by atoms with E-state index in [1.54, 1.807) is 12.1 Å². The average molecular weight is 602 g/mol. The summed E-state index contributed by atoms with van der Waals surface area (Å²) in [4.78, 5) is 17.8. The van der Waals surface area contributed by atoms with E-state index in [-0.39, 0.29) is 40.4 Å². The van der Waals surface area contributed by atoms with Gasteiger partial charge in [0.2, 0.25) is 10.0 Å². The normalized spacial score (nSPS) is 12.3. The number of sulfonamides is 1. The summed E-state index contributed by atoms with van der Waals surface area (Å²) in [5.41, 5.74) is -1.75. The van der Waals surface area contributed by atoms with E-state index < -0.39 is 28.8 Å². The predicted molar refractivity (Wildman–Crippen MR) is 129 cm³/mol. The van der Waals surface area contributed by atoms with Gasteiger partial charge in [-0.15, -0.1) is 0 Å². The predicted octanol–water partition coefficient (Wildman–Crippen LogP) is 2.54. The fraction of sp³-hybridized carbons (Fsp3) is 0.143. The minimum absolute atomic E-state index is 0. The molecule has 0 bridgehead atoms. The molecule has 3 rings (SSSR count). The first kappa shape index (κ1) is 29.6. The zero-order valence-corrected chi connectivity index (χ0v) is 24.0. The van der Waals surface area contributed by atoms with E-state index in [0.717, 1.165) is 22.8 Å². The molecule has 0 aliphatic heterocycles. The second-order valence-corrected chi connectivity index (χ2v) is 12.2. The van der Waals surface area contributed by atoms with Gasteiger partial charge in [-0.25, -0.2) is 13.6 Å². The Balaban J connectivity index is 0.00000306. The summed E-state index contributed by atoms with van der Waals surface area (Å²) >= 11 is 4.52. The molecule has 0 saturated carbocycles. The van der Waals surface area contributed by atoms with Gasteiger partial charge in [-0.3, -0.25) is 4.57 Å². The number of alkyl halides is 2. The molecule has 0 spiro atoms. The molecule has 178 valence electrons. The second kappa shape index (κ2) is 11.6. The van der Waals surface area contributed by atoms with Crippen molar-refractivity contribution in [1.82, 2.24) is 0 Å². The van der Waals surface area contributed by atoms with Crippen molar-refractivity contribution in [3.05, 3.63) is 87.9 Å². The van der Waals surface area contributed by atoms with Crippen LogP contribution in [-0.4, -0.2) is 18.2 Å². The summed E-state index contributed by atoms with van der Waals surface area (Å²) in [6.45, 7) is 0. The number of nitrogens with two attached hydrogens (primary N) is 1. The molecule has 0 unspecified atom stereocenters. The minimum Gasteiger partial charge on any atom is -1.00 e. The molecule has 0 amide bonds. The molecule has 3 aromatic carbocycles. The van der Waals surface area contributed by atoms with Crippen molar-refractivity contribution in [2.45, 2.75) is 22.1 Å². The smallest absolute Gasteiger partial charge is 1.00 e. The summed E-state index contributed by atoms with van der Waals surface area (Å²) in [5.74, 6) is 1.13. The van der Waals surface area contributed by atoms with Crippen LogP contribution >= 0.6 is 35.3 Å². The molecule has 0 radical (unpaired) electrons. The topological polar surface area (TPSA) is 118 Å². The first-order valence-corrected chi connectivity index (χ1v) is 14.4. The Morgan fingerprint density at radius 3 is 2.12 bits per heavy atom. The SMILES string of the molecule is NS(=O)(=O)c1cccc(-c2ccc(CSCc3ccc(C(F)(F)P(=O)(O)O)c(Br)c3)cc2)c1.[H-].[Na+]. The summed E-state index contributed by atoms with van der Waals surface area (Å²) < 4.78 is 61.9. The van der Waals surface area contributed by atoms with Crippen LogP contribution in [0.1, 0.15) is 18.1 Å². The van der Waals surface area contributed by atoms with Crippen LogP contribution in [-0.2, 0) is 31.8 Å². The first-order valence-electron chi connectivity index (χ1n) is 9.31. The zero-order chi connectivity index (χ0) is 24.4. The number of rotatable bonds is 8. The van der Waals surface area contributed by atoms with Gasteiger partial charge < -0.3 is 11.2 Å². The number of thioether (sulfide) groups is 1. The molecule has 13 heteroatoms. The van der Waals surface area contributed by atoms with Gasteiger partial charge in [-0.1, -0.05) is 64.5 Å². The Hall–Kier alpha value is -0.590. The van der Waals surface area contributed by atoms with Crippen LogP contribution < -0.4 is 34.7 Å². The first-order chi connectivity index (χ1) is 15.3. The van der Waals surface area contributed by atoms with Gasteiger partial charge in [0.1, 0.15) is 0 Å². The third-order valence-corrected chi connectivity index (χ3v) is 8.33. The van der Waals surface area contributed by atoms with Gasteiger partial charge in [0.05, 0.1) is 4.90 Å². The maximum absolute atomic E-state index is 13.9. The number of halogens is 3. The van der Waals surface area contributed by atoms with E-state index in [1.165, 1.54) is 36.0 Å². The maximum atomic E-state index is 13.9.